The summed E-state index contributed by atoms with van der Waals surface area (Å²) in [6.45, 7) is 1.76. The molecule has 1 heterocycles. The number of halogens is 1. The lowest BCUT2D eigenvalue weighted by Crippen LogP contribution is -2.40. The van der Waals surface area contributed by atoms with Crippen LogP contribution < -0.4 is 5.32 Å². The number of hydrogen-bond donors (Lipinski definition) is 1. The van der Waals surface area contributed by atoms with Gasteiger partial charge in [-0.25, -0.2) is 0 Å². The number of likely N-dealkylation sites (tertiary alicyclic amines) is 1. The molecule has 3 fully saturated rings. The number of nitrogens with zero attached hydrogens (tertiary/aromatic N) is 1. The van der Waals surface area contributed by atoms with Crippen molar-refractivity contribution in [2.75, 3.05) is 11.9 Å². The smallest absolute Gasteiger partial charge is 0.244 e. The second-order valence-electron chi connectivity index (χ2n) is 7.93. The fraction of sp³-hybridized carbons (Fsp3) is 0.450. The highest BCUT2D eigenvalue weighted by Crippen LogP contribution is 2.65. The van der Waals surface area contributed by atoms with Crippen LogP contribution in [0.15, 0.2) is 34.8 Å². The topological polar surface area (TPSA) is 66.5 Å². The largest absolute Gasteiger partial charge is 0.324 e. The molecule has 6 atom stereocenters. The van der Waals surface area contributed by atoms with E-state index in [-0.39, 0.29) is 47.9 Å². The van der Waals surface area contributed by atoms with E-state index in [1.807, 2.05) is 25.1 Å². The van der Waals surface area contributed by atoms with Crippen LogP contribution in [-0.4, -0.2) is 29.2 Å². The number of nitrogens with one attached hydrogen (secondary N) is 1. The van der Waals surface area contributed by atoms with Gasteiger partial charge < -0.3 is 5.32 Å². The normalized spacial score (nSPS) is 36.2. The van der Waals surface area contributed by atoms with Crippen LogP contribution in [0.1, 0.15) is 12.0 Å². The van der Waals surface area contributed by atoms with Crippen LogP contribution in [0.5, 0.6) is 0 Å². The van der Waals surface area contributed by atoms with Gasteiger partial charge in [0.05, 0.1) is 11.8 Å². The first-order chi connectivity index (χ1) is 12.5. The van der Waals surface area contributed by atoms with Crippen molar-refractivity contribution in [2.24, 2.45) is 35.5 Å². The van der Waals surface area contributed by atoms with Gasteiger partial charge in [0.15, 0.2) is 0 Å². The van der Waals surface area contributed by atoms with Crippen molar-refractivity contribution in [2.45, 2.75) is 13.3 Å². The van der Waals surface area contributed by atoms with Gasteiger partial charge in [-0.15, -0.1) is 0 Å². The van der Waals surface area contributed by atoms with Crippen molar-refractivity contribution in [3.63, 3.8) is 0 Å². The summed E-state index contributed by atoms with van der Waals surface area (Å²) in [6, 6.07) is 5.53. The Labute approximate surface area is 159 Å². The molecule has 5 aliphatic rings. The molecule has 1 saturated heterocycles. The molecule has 1 aromatic rings. The number of benzene rings is 1. The SMILES string of the molecule is Cc1ccc(NC(=O)CN2C(=O)[C@@H]3[C@H]4C=C[C@@H]([C@@H]5C[C@@H]45)[C@@H]3C2=O)cc1Br. The molecule has 2 saturated carbocycles. The fourth-order valence-corrected chi connectivity index (χ4v) is 5.57. The van der Waals surface area contributed by atoms with Gasteiger partial charge in [0.1, 0.15) is 6.54 Å². The van der Waals surface area contributed by atoms with E-state index in [0.717, 1.165) is 16.5 Å². The van der Waals surface area contributed by atoms with Crippen molar-refractivity contribution in [1.29, 1.82) is 0 Å². The van der Waals surface area contributed by atoms with E-state index in [9.17, 15) is 14.4 Å². The number of imide groups is 1. The molecular weight excluding hydrogens is 396 g/mol. The predicted molar refractivity (Wildman–Crippen MR) is 98.9 cm³/mol. The molecular formula is C20H19BrN2O3. The molecule has 2 bridgehead atoms. The third-order valence-electron chi connectivity index (χ3n) is 6.51. The zero-order valence-electron chi connectivity index (χ0n) is 14.3. The highest BCUT2D eigenvalue weighted by molar-refractivity contribution is 9.10. The van der Waals surface area contributed by atoms with Crippen LogP contribution in [0.4, 0.5) is 5.69 Å². The summed E-state index contributed by atoms with van der Waals surface area (Å²) in [5.74, 6) is 0.357. The van der Waals surface area contributed by atoms with E-state index in [0.29, 0.717) is 17.5 Å². The maximum Gasteiger partial charge on any atom is 0.244 e. The van der Waals surface area contributed by atoms with Gasteiger partial charge in [-0.3, -0.25) is 19.3 Å². The second kappa shape index (κ2) is 5.52. The molecule has 5 nitrogen and oxygen atoms in total. The Balaban J connectivity index is 1.32. The first kappa shape index (κ1) is 16.2. The number of aryl methyl sites for hydroxylation is 1. The molecule has 1 aromatic carbocycles. The van der Waals surface area contributed by atoms with Crippen LogP contribution in [0.25, 0.3) is 0 Å². The monoisotopic (exact) mass is 414 g/mol. The van der Waals surface area contributed by atoms with Gasteiger partial charge in [-0.2, -0.15) is 0 Å². The fourth-order valence-electron chi connectivity index (χ4n) is 5.19. The standard InChI is InChI=1S/C20H19BrN2O3/c1-9-2-3-10(6-15(9)21)22-16(24)8-23-19(25)17-11-4-5-12(14-7-13(11)14)18(17)20(23)26/h2-6,11-14,17-18H,7-8H2,1H3,(H,22,24)/t11-,12-,13-,14-,17-,18+/m0/s1. The maximum atomic E-state index is 12.9. The molecule has 6 rings (SSSR count). The summed E-state index contributed by atoms with van der Waals surface area (Å²) in [5, 5.41) is 2.78. The first-order valence-corrected chi connectivity index (χ1v) is 9.84. The van der Waals surface area contributed by atoms with Crippen molar-refractivity contribution >= 4 is 39.3 Å². The molecule has 1 aliphatic heterocycles. The maximum absolute atomic E-state index is 12.9. The molecule has 134 valence electrons. The third kappa shape index (κ3) is 2.24. The average Bonchev–Trinajstić information content (AvgIpc) is 3.39. The molecule has 26 heavy (non-hydrogen) atoms. The van der Waals surface area contributed by atoms with E-state index >= 15 is 0 Å². The van der Waals surface area contributed by atoms with E-state index in [1.54, 1.807) is 0 Å². The van der Waals surface area contributed by atoms with E-state index in [4.69, 9.17) is 0 Å². The van der Waals surface area contributed by atoms with E-state index < -0.39 is 0 Å². The molecule has 0 unspecified atom stereocenters. The Kier molecular flexibility index (Phi) is 3.45. The number of carbonyl (C=O) groups excluding carboxylic acids is 3. The van der Waals surface area contributed by atoms with Crippen LogP contribution in [0, 0.1) is 42.4 Å². The number of allylic oxidation sites excluding steroid dienone is 2. The summed E-state index contributed by atoms with van der Waals surface area (Å²) in [7, 11) is 0. The molecule has 0 spiro atoms. The van der Waals surface area contributed by atoms with Gasteiger partial charge in [-0.1, -0.05) is 34.1 Å². The van der Waals surface area contributed by atoms with Gasteiger partial charge in [0.25, 0.3) is 0 Å². The van der Waals surface area contributed by atoms with Gasteiger partial charge in [0.2, 0.25) is 17.7 Å². The summed E-state index contributed by atoms with van der Waals surface area (Å²) in [5.41, 5.74) is 1.71. The summed E-state index contributed by atoms with van der Waals surface area (Å²) in [6.07, 6.45) is 5.41. The minimum Gasteiger partial charge on any atom is -0.324 e. The molecule has 0 aromatic heterocycles. The number of hydrogen-bond acceptors (Lipinski definition) is 3. The average molecular weight is 415 g/mol. The lowest BCUT2D eigenvalue weighted by atomic mass is 9.63. The number of carbonyl (C=O) groups is 3. The van der Waals surface area contributed by atoms with Crippen molar-refractivity contribution in [1.82, 2.24) is 4.90 Å². The lowest BCUT2D eigenvalue weighted by Gasteiger charge is -2.37. The van der Waals surface area contributed by atoms with Crippen molar-refractivity contribution < 1.29 is 14.4 Å². The predicted octanol–water partition coefficient (Wildman–Crippen LogP) is 2.75. The highest BCUT2D eigenvalue weighted by Gasteiger charge is 2.67. The number of amides is 3. The Bertz CT molecular complexity index is 844. The summed E-state index contributed by atoms with van der Waals surface area (Å²) in [4.78, 5) is 39.4. The summed E-state index contributed by atoms with van der Waals surface area (Å²) < 4.78 is 0.900. The van der Waals surface area contributed by atoms with Crippen LogP contribution in [-0.2, 0) is 14.4 Å². The summed E-state index contributed by atoms with van der Waals surface area (Å²) >= 11 is 3.44. The molecule has 3 amide bonds. The Morgan fingerprint density at radius 3 is 2.35 bits per heavy atom. The van der Waals surface area contributed by atoms with Crippen LogP contribution in [0.3, 0.4) is 0 Å². The Hall–Kier alpha value is -1.95. The van der Waals surface area contributed by atoms with Gasteiger partial charge >= 0.3 is 0 Å². The molecule has 4 aliphatic carbocycles. The van der Waals surface area contributed by atoms with Crippen molar-refractivity contribution in [3.8, 4) is 0 Å². The van der Waals surface area contributed by atoms with Gasteiger partial charge in [-0.05, 0) is 54.7 Å². The minimum atomic E-state index is -0.341. The molecule has 1 N–H and O–H groups in total. The lowest BCUT2D eigenvalue weighted by molar-refractivity contribution is -0.142. The first-order valence-electron chi connectivity index (χ1n) is 9.05. The second-order valence-corrected chi connectivity index (χ2v) is 8.78. The quantitative estimate of drug-likeness (QED) is 0.610. The Morgan fingerprint density at radius 2 is 1.77 bits per heavy atom. The Morgan fingerprint density at radius 1 is 1.15 bits per heavy atom. The zero-order valence-corrected chi connectivity index (χ0v) is 15.9. The molecule has 6 heteroatoms. The number of rotatable bonds is 3. The zero-order chi connectivity index (χ0) is 18.2. The highest BCUT2D eigenvalue weighted by atomic mass is 79.9. The third-order valence-corrected chi connectivity index (χ3v) is 7.37. The van der Waals surface area contributed by atoms with Crippen LogP contribution in [0.2, 0.25) is 0 Å². The van der Waals surface area contributed by atoms with Crippen molar-refractivity contribution in [3.05, 3.63) is 40.4 Å². The van der Waals surface area contributed by atoms with E-state index in [1.165, 1.54) is 4.90 Å². The minimum absolute atomic E-state index is 0.162. The van der Waals surface area contributed by atoms with Gasteiger partial charge in [0, 0.05) is 10.2 Å². The molecule has 0 radical (unpaired) electrons. The van der Waals surface area contributed by atoms with E-state index in [2.05, 4.69) is 33.4 Å². The van der Waals surface area contributed by atoms with Crippen LogP contribution >= 0.6 is 15.9 Å². The number of anilines is 1.